The maximum atomic E-state index is 5.92. The van der Waals surface area contributed by atoms with Gasteiger partial charge in [0.05, 0.1) is 11.4 Å². The van der Waals surface area contributed by atoms with Crippen LogP contribution in [-0.4, -0.2) is 34.2 Å². The molecule has 1 unspecified atom stereocenters. The third-order valence-electron chi connectivity index (χ3n) is 3.84. The summed E-state index contributed by atoms with van der Waals surface area (Å²) >= 11 is 0. The molecule has 0 amide bonds. The van der Waals surface area contributed by atoms with Gasteiger partial charge in [-0.15, -0.1) is 0 Å². The van der Waals surface area contributed by atoms with E-state index in [9.17, 15) is 0 Å². The first-order valence-corrected chi connectivity index (χ1v) is 7.09. The second-order valence-electron chi connectivity index (χ2n) is 5.51. The van der Waals surface area contributed by atoms with E-state index in [4.69, 9.17) is 5.73 Å². The van der Waals surface area contributed by atoms with Crippen LogP contribution in [0.4, 0.5) is 0 Å². The third-order valence-corrected chi connectivity index (χ3v) is 3.84. The highest BCUT2D eigenvalue weighted by Crippen LogP contribution is 2.20. The van der Waals surface area contributed by atoms with Crippen molar-refractivity contribution >= 4 is 0 Å². The molecule has 4 heteroatoms. The fraction of sp³-hybridized carbons (Fsp3) is 0.375. The lowest BCUT2D eigenvalue weighted by atomic mass is 10.1. The van der Waals surface area contributed by atoms with Crippen molar-refractivity contribution in [2.75, 3.05) is 13.1 Å². The minimum atomic E-state index is 0.314. The Kier molecular flexibility index (Phi) is 3.76. The first kappa shape index (κ1) is 13.2. The molecule has 2 aromatic rings. The number of likely N-dealkylation sites (tertiary alicyclic amines) is 1. The Labute approximate surface area is 119 Å². The highest BCUT2D eigenvalue weighted by Gasteiger charge is 2.19. The molecule has 2 heterocycles. The van der Waals surface area contributed by atoms with Crippen LogP contribution in [0.15, 0.2) is 36.4 Å². The number of hydrogen-bond acceptors (Lipinski definition) is 4. The van der Waals surface area contributed by atoms with Gasteiger partial charge in [0.2, 0.25) is 0 Å². The van der Waals surface area contributed by atoms with Gasteiger partial charge in [0.15, 0.2) is 0 Å². The summed E-state index contributed by atoms with van der Waals surface area (Å²) < 4.78 is 0. The van der Waals surface area contributed by atoms with Crippen molar-refractivity contribution in [2.24, 2.45) is 5.73 Å². The van der Waals surface area contributed by atoms with Crippen LogP contribution < -0.4 is 5.73 Å². The van der Waals surface area contributed by atoms with Gasteiger partial charge in [-0.25, -0.2) is 0 Å². The SMILES string of the molecule is Cc1ccccc1-c1ccc(CN2CCC(N)C2)nn1. The van der Waals surface area contributed by atoms with Crippen molar-refractivity contribution in [3.8, 4) is 11.3 Å². The third kappa shape index (κ3) is 2.86. The number of aromatic nitrogens is 2. The average Bonchev–Trinajstić information content (AvgIpc) is 2.86. The Morgan fingerprint density at radius 2 is 2.05 bits per heavy atom. The Balaban J connectivity index is 1.73. The van der Waals surface area contributed by atoms with Crippen LogP contribution in [0.5, 0.6) is 0 Å². The molecule has 1 saturated heterocycles. The first-order chi connectivity index (χ1) is 9.72. The molecular formula is C16H20N4. The highest BCUT2D eigenvalue weighted by molar-refractivity contribution is 5.62. The Morgan fingerprint density at radius 1 is 1.20 bits per heavy atom. The molecule has 0 saturated carbocycles. The second kappa shape index (κ2) is 5.69. The summed E-state index contributed by atoms with van der Waals surface area (Å²) in [6, 6.07) is 12.7. The molecule has 4 nitrogen and oxygen atoms in total. The molecule has 0 spiro atoms. The summed E-state index contributed by atoms with van der Waals surface area (Å²) in [6.07, 6.45) is 1.08. The van der Waals surface area contributed by atoms with Gasteiger partial charge in [-0.3, -0.25) is 4.90 Å². The van der Waals surface area contributed by atoms with Gasteiger partial charge in [-0.2, -0.15) is 10.2 Å². The number of nitrogens with two attached hydrogens (primary N) is 1. The van der Waals surface area contributed by atoms with E-state index in [2.05, 4.69) is 46.3 Å². The topological polar surface area (TPSA) is 55.0 Å². The summed E-state index contributed by atoms with van der Waals surface area (Å²) in [5.74, 6) is 0. The summed E-state index contributed by atoms with van der Waals surface area (Å²) in [5.41, 5.74) is 10.2. The highest BCUT2D eigenvalue weighted by atomic mass is 15.2. The molecule has 1 aromatic carbocycles. The molecular weight excluding hydrogens is 248 g/mol. The minimum Gasteiger partial charge on any atom is -0.326 e. The molecule has 0 radical (unpaired) electrons. The van der Waals surface area contributed by atoms with Gasteiger partial charge in [0, 0.05) is 31.2 Å². The molecule has 1 fully saturated rings. The molecule has 3 rings (SSSR count). The van der Waals surface area contributed by atoms with Gasteiger partial charge < -0.3 is 5.73 Å². The molecule has 1 aliphatic rings. The maximum absolute atomic E-state index is 5.92. The molecule has 104 valence electrons. The average molecular weight is 268 g/mol. The smallest absolute Gasteiger partial charge is 0.0932 e. The quantitative estimate of drug-likeness (QED) is 0.925. The first-order valence-electron chi connectivity index (χ1n) is 7.09. The van der Waals surface area contributed by atoms with E-state index in [-0.39, 0.29) is 0 Å². The van der Waals surface area contributed by atoms with Crippen molar-refractivity contribution in [1.82, 2.24) is 15.1 Å². The zero-order valence-electron chi connectivity index (χ0n) is 11.8. The van der Waals surface area contributed by atoms with E-state index < -0.39 is 0 Å². The molecule has 1 aliphatic heterocycles. The lowest BCUT2D eigenvalue weighted by molar-refractivity contribution is 0.321. The normalized spacial score (nSPS) is 19.4. The van der Waals surface area contributed by atoms with Crippen molar-refractivity contribution in [2.45, 2.75) is 25.9 Å². The van der Waals surface area contributed by atoms with E-state index in [1.807, 2.05) is 12.1 Å². The summed E-state index contributed by atoms with van der Waals surface area (Å²) in [7, 11) is 0. The van der Waals surface area contributed by atoms with Crippen LogP contribution >= 0.6 is 0 Å². The van der Waals surface area contributed by atoms with Crippen LogP contribution in [0, 0.1) is 6.92 Å². The van der Waals surface area contributed by atoms with Gasteiger partial charge in [-0.05, 0) is 31.0 Å². The number of nitrogens with zero attached hydrogens (tertiary/aromatic N) is 3. The largest absolute Gasteiger partial charge is 0.326 e. The van der Waals surface area contributed by atoms with Gasteiger partial charge in [-0.1, -0.05) is 24.3 Å². The molecule has 1 aromatic heterocycles. The fourth-order valence-electron chi connectivity index (χ4n) is 2.68. The molecule has 0 aliphatic carbocycles. The number of rotatable bonds is 3. The van der Waals surface area contributed by atoms with Crippen molar-refractivity contribution in [3.63, 3.8) is 0 Å². The lowest BCUT2D eigenvalue weighted by Crippen LogP contribution is -2.26. The Hall–Kier alpha value is -1.78. The van der Waals surface area contributed by atoms with Crippen molar-refractivity contribution < 1.29 is 0 Å². The number of hydrogen-bond donors (Lipinski definition) is 1. The molecule has 2 N–H and O–H groups in total. The van der Waals surface area contributed by atoms with E-state index in [0.717, 1.165) is 43.0 Å². The zero-order chi connectivity index (χ0) is 13.9. The summed E-state index contributed by atoms with van der Waals surface area (Å²) in [6.45, 7) is 4.95. The second-order valence-corrected chi connectivity index (χ2v) is 5.51. The van der Waals surface area contributed by atoms with Gasteiger partial charge in [0.1, 0.15) is 0 Å². The summed E-state index contributed by atoms with van der Waals surface area (Å²) in [5, 5.41) is 8.72. The zero-order valence-corrected chi connectivity index (χ0v) is 11.8. The monoisotopic (exact) mass is 268 g/mol. The van der Waals surface area contributed by atoms with Crippen molar-refractivity contribution in [1.29, 1.82) is 0 Å². The van der Waals surface area contributed by atoms with Gasteiger partial charge >= 0.3 is 0 Å². The Bertz CT molecular complexity index is 579. The standard InChI is InChI=1S/C16H20N4/c1-12-4-2-3-5-15(12)16-7-6-14(18-19-16)11-20-9-8-13(17)10-20/h2-7,13H,8-11,17H2,1H3. The van der Waals surface area contributed by atoms with E-state index in [1.165, 1.54) is 5.56 Å². The van der Waals surface area contributed by atoms with E-state index in [0.29, 0.717) is 6.04 Å². The van der Waals surface area contributed by atoms with Crippen LogP contribution in [-0.2, 0) is 6.54 Å². The number of aryl methyl sites for hydroxylation is 1. The van der Waals surface area contributed by atoms with E-state index in [1.54, 1.807) is 0 Å². The minimum absolute atomic E-state index is 0.314. The molecule has 0 bridgehead atoms. The molecule has 1 atom stereocenters. The van der Waals surface area contributed by atoms with Crippen molar-refractivity contribution in [3.05, 3.63) is 47.7 Å². The van der Waals surface area contributed by atoms with Crippen LogP contribution in [0.2, 0.25) is 0 Å². The summed E-state index contributed by atoms with van der Waals surface area (Å²) in [4.78, 5) is 2.34. The van der Waals surface area contributed by atoms with Crippen LogP contribution in [0.25, 0.3) is 11.3 Å². The van der Waals surface area contributed by atoms with E-state index >= 15 is 0 Å². The number of benzene rings is 1. The lowest BCUT2D eigenvalue weighted by Gasteiger charge is -2.14. The molecule has 20 heavy (non-hydrogen) atoms. The fourth-order valence-corrected chi connectivity index (χ4v) is 2.68. The van der Waals surface area contributed by atoms with Crippen LogP contribution in [0.3, 0.4) is 0 Å². The predicted molar refractivity (Wildman–Crippen MR) is 80.1 cm³/mol. The predicted octanol–water partition coefficient (Wildman–Crippen LogP) is 1.99. The maximum Gasteiger partial charge on any atom is 0.0932 e. The van der Waals surface area contributed by atoms with Gasteiger partial charge in [0.25, 0.3) is 0 Å². The van der Waals surface area contributed by atoms with Crippen LogP contribution in [0.1, 0.15) is 17.7 Å². The Morgan fingerprint density at radius 3 is 2.70 bits per heavy atom.